The van der Waals surface area contributed by atoms with E-state index in [0.29, 0.717) is 12.8 Å². The van der Waals surface area contributed by atoms with Gasteiger partial charge in [0.2, 0.25) is 5.91 Å². The second-order valence-electron chi connectivity index (χ2n) is 6.00. The quantitative estimate of drug-likeness (QED) is 0.847. The van der Waals surface area contributed by atoms with Gasteiger partial charge in [-0.25, -0.2) is 4.79 Å². The molecule has 1 aromatic carbocycles. The zero-order valence-electron chi connectivity index (χ0n) is 13.0. The predicted molar refractivity (Wildman–Crippen MR) is 86.7 cm³/mol. The summed E-state index contributed by atoms with van der Waals surface area (Å²) >= 11 is 0. The normalized spacial score (nSPS) is 16.9. The molecule has 0 atom stereocenters. The van der Waals surface area contributed by atoms with Crippen LogP contribution >= 0.6 is 0 Å². The molecule has 1 saturated carbocycles. The van der Waals surface area contributed by atoms with Gasteiger partial charge in [-0.1, -0.05) is 18.9 Å². The van der Waals surface area contributed by atoms with E-state index in [1.807, 2.05) is 25.2 Å². The molecule has 0 spiro atoms. The number of hydrogen-bond acceptors (Lipinski definition) is 3. The smallest absolute Gasteiger partial charge is 0.329 e. The lowest BCUT2D eigenvalue weighted by molar-refractivity contribution is -0.146. The van der Waals surface area contributed by atoms with E-state index < -0.39 is 11.5 Å². The Balaban J connectivity index is 1.73. The van der Waals surface area contributed by atoms with Gasteiger partial charge in [-0.3, -0.25) is 9.48 Å². The number of nitrogens with one attached hydrogen (secondary N) is 1. The molecule has 23 heavy (non-hydrogen) atoms. The van der Waals surface area contributed by atoms with Crippen LogP contribution in [0.4, 0.5) is 0 Å². The topological polar surface area (TPSA) is 84.2 Å². The van der Waals surface area contributed by atoms with Crippen LogP contribution in [0.3, 0.4) is 0 Å². The van der Waals surface area contributed by atoms with Gasteiger partial charge in [0, 0.05) is 18.5 Å². The van der Waals surface area contributed by atoms with Crippen molar-refractivity contribution in [1.29, 1.82) is 0 Å². The van der Waals surface area contributed by atoms with Crippen LogP contribution in [0.2, 0.25) is 0 Å². The molecule has 1 heterocycles. The van der Waals surface area contributed by atoms with Crippen molar-refractivity contribution in [2.75, 3.05) is 0 Å². The molecular weight excluding hydrogens is 294 g/mol. The lowest BCUT2D eigenvalue weighted by Gasteiger charge is -2.24. The number of benzene rings is 1. The molecule has 1 amide bonds. The van der Waals surface area contributed by atoms with Crippen LogP contribution in [0.15, 0.2) is 30.5 Å². The molecule has 1 aromatic heterocycles. The number of carbonyl (C=O) groups excluding carboxylic acids is 1. The van der Waals surface area contributed by atoms with Crippen molar-refractivity contribution >= 4 is 28.9 Å². The Bertz CT molecular complexity index is 785. The fourth-order valence-electron chi connectivity index (χ4n) is 3.11. The molecule has 0 saturated heterocycles. The summed E-state index contributed by atoms with van der Waals surface area (Å²) in [5.74, 6) is -1.32. The minimum Gasteiger partial charge on any atom is -0.480 e. The van der Waals surface area contributed by atoms with E-state index in [1.54, 1.807) is 17.0 Å². The lowest BCUT2D eigenvalue weighted by Crippen LogP contribution is -2.52. The van der Waals surface area contributed by atoms with Gasteiger partial charge in [0.25, 0.3) is 0 Å². The molecule has 2 aromatic rings. The number of rotatable bonds is 4. The number of nitrogens with zero attached hydrogens (tertiary/aromatic N) is 2. The molecule has 1 aliphatic rings. The van der Waals surface area contributed by atoms with Crippen molar-refractivity contribution in [3.8, 4) is 0 Å². The maximum absolute atomic E-state index is 12.1. The third kappa shape index (κ3) is 2.97. The van der Waals surface area contributed by atoms with Crippen LogP contribution in [-0.2, 0) is 16.6 Å². The predicted octanol–water partition coefficient (Wildman–Crippen LogP) is 2.10. The van der Waals surface area contributed by atoms with E-state index in [2.05, 4.69) is 10.4 Å². The maximum Gasteiger partial charge on any atom is 0.329 e. The Kier molecular flexibility index (Phi) is 3.90. The van der Waals surface area contributed by atoms with Gasteiger partial charge < -0.3 is 10.4 Å². The van der Waals surface area contributed by atoms with E-state index in [9.17, 15) is 14.7 Å². The van der Waals surface area contributed by atoms with E-state index in [-0.39, 0.29) is 5.91 Å². The zero-order valence-corrected chi connectivity index (χ0v) is 13.0. The highest BCUT2D eigenvalue weighted by molar-refractivity contribution is 5.96. The minimum atomic E-state index is -1.10. The summed E-state index contributed by atoms with van der Waals surface area (Å²) in [7, 11) is 1.87. The first-order chi connectivity index (χ1) is 11.0. The number of fused-ring (bicyclic) bond motifs is 1. The molecule has 6 nitrogen and oxygen atoms in total. The van der Waals surface area contributed by atoms with Gasteiger partial charge >= 0.3 is 5.97 Å². The van der Waals surface area contributed by atoms with Gasteiger partial charge in [-0.05, 0) is 36.6 Å². The van der Waals surface area contributed by atoms with Gasteiger partial charge in [0.1, 0.15) is 5.54 Å². The summed E-state index contributed by atoms with van der Waals surface area (Å²) in [6.45, 7) is 0. The van der Waals surface area contributed by atoms with Crippen molar-refractivity contribution in [3.63, 3.8) is 0 Å². The van der Waals surface area contributed by atoms with Gasteiger partial charge in [-0.15, -0.1) is 0 Å². The molecule has 6 heteroatoms. The molecule has 0 bridgehead atoms. The standard InChI is InChI=1S/C17H19N3O3/c1-20-14-6-4-12(10-13(14)11-18-20)5-7-15(21)19-17(16(22)23)8-2-3-9-17/h4-7,10-11H,2-3,8-9H2,1H3,(H,19,21)(H,22,23)/b7-5+. The number of aromatic nitrogens is 2. The summed E-state index contributed by atoms with van der Waals surface area (Å²) in [5.41, 5.74) is 0.785. The fraction of sp³-hybridized carbons (Fsp3) is 0.353. The molecule has 0 aliphatic heterocycles. The highest BCUT2D eigenvalue weighted by atomic mass is 16.4. The summed E-state index contributed by atoms with van der Waals surface area (Å²) < 4.78 is 1.78. The fourth-order valence-corrected chi connectivity index (χ4v) is 3.11. The van der Waals surface area contributed by atoms with Gasteiger partial charge in [0.05, 0.1) is 11.7 Å². The first-order valence-electron chi connectivity index (χ1n) is 7.66. The largest absolute Gasteiger partial charge is 0.480 e. The van der Waals surface area contributed by atoms with E-state index in [4.69, 9.17) is 0 Å². The molecule has 120 valence electrons. The van der Waals surface area contributed by atoms with Gasteiger partial charge in [0.15, 0.2) is 0 Å². The highest BCUT2D eigenvalue weighted by Crippen LogP contribution is 2.29. The summed E-state index contributed by atoms with van der Waals surface area (Å²) in [4.78, 5) is 23.5. The third-order valence-corrected chi connectivity index (χ3v) is 4.43. The number of carbonyl (C=O) groups is 2. The maximum atomic E-state index is 12.1. The average molecular weight is 313 g/mol. The summed E-state index contributed by atoms with van der Waals surface area (Å²) in [6, 6.07) is 5.78. The number of amides is 1. The Morgan fingerprint density at radius 3 is 2.78 bits per heavy atom. The van der Waals surface area contributed by atoms with Crippen LogP contribution < -0.4 is 5.32 Å². The van der Waals surface area contributed by atoms with E-state index >= 15 is 0 Å². The van der Waals surface area contributed by atoms with Crippen molar-refractivity contribution in [1.82, 2.24) is 15.1 Å². The van der Waals surface area contributed by atoms with Crippen LogP contribution in [0.1, 0.15) is 31.2 Å². The molecule has 1 aliphatic carbocycles. The SMILES string of the molecule is Cn1ncc2cc(/C=C/C(=O)NC3(C(=O)O)CCCC3)ccc21. The number of aryl methyl sites for hydroxylation is 1. The number of aliphatic carboxylic acids is 1. The van der Waals surface area contributed by atoms with Crippen molar-refractivity contribution in [2.24, 2.45) is 7.05 Å². The molecule has 0 radical (unpaired) electrons. The average Bonchev–Trinajstić information content (AvgIpc) is 3.13. The molecular formula is C17H19N3O3. The summed E-state index contributed by atoms with van der Waals surface area (Å²) in [5, 5.41) is 17.2. The number of carboxylic acids is 1. The Morgan fingerprint density at radius 2 is 2.09 bits per heavy atom. The van der Waals surface area contributed by atoms with E-state index in [0.717, 1.165) is 29.3 Å². The second kappa shape index (κ2) is 5.87. The van der Waals surface area contributed by atoms with Crippen LogP contribution in [0.25, 0.3) is 17.0 Å². The van der Waals surface area contributed by atoms with Crippen molar-refractivity contribution in [3.05, 3.63) is 36.0 Å². The Morgan fingerprint density at radius 1 is 1.35 bits per heavy atom. The minimum absolute atomic E-state index is 0.374. The molecule has 3 rings (SSSR count). The monoisotopic (exact) mass is 313 g/mol. The highest BCUT2D eigenvalue weighted by Gasteiger charge is 2.42. The van der Waals surface area contributed by atoms with Crippen LogP contribution in [0.5, 0.6) is 0 Å². The third-order valence-electron chi connectivity index (χ3n) is 4.43. The second-order valence-corrected chi connectivity index (χ2v) is 6.00. The van der Waals surface area contributed by atoms with Crippen LogP contribution in [-0.4, -0.2) is 32.3 Å². The van der Waals surface area contributed by atoms with Crippen LogP contribution in [0, 0.1) is 0 Å². The Labute approximate surface area is 133 Å². The molecule has 1 fully saturated rings. The van der Waals surface area contributed by atoms with Crippen molar-refractivity contribution < 1.29 is 14.7 Å². The lowest BCUT2D eigenvalue weighted by atomic mass is 9.98. The zero-order chi connectivity index (χ0) is 16.4. The molecule has 0 unspecified atom stereocenters. The first-order valence-corrected chi connectivity index (χ1v) is 7.66. The Hall–Kier alpha value is -2.63. The number of carboxylic acid groups (broad SMARTS) is 1. The number of hydrogen-bond donors (Lipinski definition) is 2. The molecule has 2 N–H and O–H groups in total. The van der Waals surface area contributed by atoms with Gasteiger partial charge in [-0.2, -0.15) is 5.10 Å². The summed E-state index contributed by atoms with van der Waals surface area (Å²) in [6.07, 6.45) is 7.48. The van der Waals surface area contributed by atoms with Crippen molar-refractivity contribution in [2.45, 2.75) is 31.2 Å². The first kappa shape index (κ1) is 15.3. The van der Waals surface area contributed by atoms with E-state index in [1.165, 1.54) is 6.08 Å².